The van der Waals surface area contributed by atoms with Crippen LogP contribution in [0.15, 0.2) is 36.4 Å². The van der Waals surface area contributed by atoms with Crippen LogP contribution in [0.5, 0.6) is 17.2 Å². The Morgan fingerprint density at radius 3 is 2.55 bits per heavy atom. The fourth-order valence-corrected chi connectivity index (χ4v) is 4.01. The number of anilines is 2. The van der Waals surface area contributed by atoms with E-state index in [1.807, 2.05) is 19.1 Å². The predicted molar refractivity (Wildman–Crippen MR) is 119 cm³/mol. The van der Waals surface area contributed by atoms with Crippen molar-refractivity contribution in [2.45, 2.75) is 20.0 Å². The molecular weight excluding hydrogens is 418 g/mol. The molecule has 2 amide bonds. The Balaban J connectivity index is 1.58. The number of nitrogens with one attached hydrogen (secondary N) is 2. The Kier molecular flexibility index (Phi) is 5.51. The van der Waals surface area contributed by atoms with Crippen LogP contribution in [0, 0.1) is 6.92 Å². The number of ether oxygens (including phenoxy) is 3. The van der Waals surface area contributed by atoms with E-state index >= 15 is 0 Å². The molecule has 1 aromatic heterocycles. The van der Waals surface area contributed by atoms with Gasteiger partial charge in [-0.25, -0.2) is 4.98 Å². The molecule has 0 saturated heterocycles. The van der Waals surface area contributed by atoms with E-state index in [1.165, 1.54) is 25.6 Å². The van der Waals surface area contributed by atoms with Crippen molar-refractivity contribution in [2.75, 3.05) is 24.9 Å². The van der Waals surface area contributed by atoms with E-state index in [0.29, 0.717) is 33.6 Å². The van der Waals surface area contributed by atoms with Gasteiger partial charge in [-0.2, -0.15) is 0 Å². The zero-order chi connectivity index (χ0) is 22.1. The molecule has 2 heterocycles. The van der Waals surface area contributed by atoms with Crippen LogP contribution in [0.2, 0.25) is 0 Å². The second-order valence-electron chi connectivity index (χ2n) is 6.94. The molecular formula is C22H21N3O5S. The molecule has 0 saturated carbocycles. The van der Waals surface area contributed by atoms with Gasteiger partial charge < -0.3 is 19.5 Å². The monoisotopic (exact) mass is 439 g/mol. The molecule has 9 heteroatoms. The fourth-order valence-electron chi connectivity index (χ4n) is 3.18. The second-order valence-corrected chi connectivity index (χ2v) is 8.14. The summed E-state index contributed by atoms with van der Waals surface area (Å²) in [7, 11) is 3.05. The third kappa shape index (κ3) is 4.17. The highest BCUT2D eigenvalue weighted by atomic mass is 32.1. The summed E-state index contributed by atoms with van der Waals surface area (Å²) in [5.41, 5.74) is 2.53. The molecule has 1 aliphatic heterocycles. The molecule has 0 spiro atoms. The molecule has 1 aliphatic rings. The third-order valence-corrected chi connectivity index (χ3v) is 5.70. The molecule has 1 atom stereocenters. The molecule has 2 aromatic carbocycles. The topological polar surface area (TPSA) is 98.8 Å². The lowest BCUT2D eigenvalue weighted by Gasteiger charge is -2.23. The Bertz CT molecular complexity index is 1150. The van der Waals surface area contributed by atoms with Gasteiger partial charge >= 0.3 is 0 Å². The van der Waals surface area contributed by atoms with Crippen molar-refractivity contribution in [2.24, 2.45) is 0 Å². The number of carbonyl (C=O) groups excluding carboxylic acids is 2. The first-order valence-corrected chi connectivity index (χ1v) is 10.3. The maximum atomic E-state index is 12.7. The average Bonchev–Trinajstić information content (AvgIpc) is 3.13. The van der Waals surface area contributed by atoms with Crippen LogP contribution < -0.4 is 24.8 Å². The van der Waals surface area contributed by atoms with E-state index in [4.69, 9.17) is 14.2 Å². The first-order chi connectivity index (χ1) is 14.9. The minimum Gasteiger partial charge on any atom is -0.497 e. The summed E-state index contributed by atoms with van der Waals surface area (Å²) in [5, 5.41) is 6.13. The second kappa shape index (κ2) is 8.27. The minimum atomic E-state index is -0.531. The number of hydrogen-bond acceptors (Lipinski definition) is 7. The number of rotatable bonds is 5. The fraction of sp³-hybridized carbons (Fsp3) is 0.227. The zero-order valence-electron chi connectivity index (χ0n) is 17.4. The number of fused-ring (bicyclic) bond motifs is 1. The van der Waals surface area contributed by atoms with Gasteiger partial charge in [0.15, 0.2) is 11.2 Å². The minimum absolute atomic E-state index is 0.193. The lowest BCUT2D eigenvalue weighted by molar-refractivity contribution is -0.122. The number of methoxy groups -OCH3 is 2. The number of hydrogen-bond donors (Lipinski definition) is 2. The van der Waals surface area contributed by atoms with E-state index < -0.39 is 6.10 Å². The van der Waals surface area contributed by atoms with Gasteiger partial charge in [-0.05, 0) is 44.2 Å². The van der Waals surface area contributed by atoms with Crippen molar-refractivity contribution in [3.8, 4) is 28.5 Å². The molecule has 4 rings (SSSR count). The van der Waals surface area contributed by atoms with Gasteiger partial charge in [0.2, 0.25) is 0 Å². The molecule has 8 nitrogen and oxygen atoms in total. The van der Waals surface area contributed by atoms with Gasteiger partial charge in [-0.3, -0.25) is 14.9 Å². The summed E-state index contributed by atoms with van der Waals surface area (Å²) in [6, 6.07) is 10.5. The Labute approximate surface area is 183 Å². The largest absolute Gasteiger partial charge is 0.497 e. The van der Waals surface area contributed by atoms with Gasteiger partial charge in [0.05, 0.1) is 25.6 Å². The quantitative estimate of drug-likeness (QED) is 0.621. The SMILES string of the molecule is COc1cc(OC)cc(C(=O)Nc2nc(-c3ccc4c(c3)NC(=O)C(C)O4)c(C)s2)c1. The number of carbonyl (C=O) groups is 2. The highest BCUT2D eigenvalue weighted by Crippen LogP contribution is 2.37. The Hall–Kier alpha value is -3.59. The summed E-state index contributed by atoms with van der Waals surface area (Å²) in [4.78, 5) is 30.2. The van der Waals surface area contributed by atoms with Crippen LogP contribution in [-0.4, -0.2) is 37.1 Å². The molecule has 0 radical (unpaired) electrons. The molecule has 31 heavy (non-hydrogen) atoms. The van der Waals surface area contributed by atoms with Gasteiger partial charge in [-0.15, -0.1) is 11.3 Å². The van der Waals surface area contributed by atoms with E-state index in [2.05, 4.69) is 15.6 Å². The first-order valence-electron chi connectivity index (χ1n) is 9.51. The van der Waals surface area contributed by atoms with Crippen molar-refractivity contribution in [1.82, 2.24) is 4.98 Å². The lowest BCUT2D eigenvalue weighted by Crippen LogP contribution is -2.34. The Morgan fingerprint density at radius 1 is 1.16 bits per heavy atom. The highest BCUT2D eigenvalue weighted by molar-refractivity contribution is 7.16. The summed E-state index contributed by atoms with van der Waals surface area (Å²) >= 11 is 1.37. The van der Waals surface area contributed by atoms with Crippen molar-refractivity contribution in [1.29, 1.82) is 0 Å². The summed E-state index contributed by atoms with van der Waals surface area (Å²) in [5.74, 6) is 1.14. The maximum absolute atomic E-state index is 12.7. The van der Waals surface area contributed by atoms with Crippen LogP contribution in [0.3, 0.4) is 0 Å². The van der Waals surface area contributed by atoms with Gasteiger partial charge in [-0.1, -0.05) is 0 Å². The molecule has 0 aliphatic carbocycles. The highest BCUT2D eigenvalue weighted by Gasteiger charge is 2.24. The van der Waals surface area contributed by atoms with Gasteiger partial charge in [0, 0.05) is 22.1 Å². The standard InChI is InChI=1S/C22H21N3O5S/c1-11-20(26)23-17-9-13(5-6-18(17)30-11)19-12(2)31-22(24-19)25-21(27)14-7-15(28-3)10-16(8-14)29-4/h5-11H,1-4H3,(H,23,26)(H,24,25,27). The molecule has 1 unspecified atom stereocenters. The zero-order valence-corrected chi connectivity index (χ0v) is 18.3. The third-order valence-electron chi connectivity index (χ3n) is 4.81. The van der Waals surface area contributed by atoms with Crippen LogP contribution in [-0.2, 0) is 4.79 Å². The number of thiazole rings is 1. The molecule has 160 valence electrons. The normalized spacial score (nSPS) is 14.8. The van der Waals surface area contributed by atoms with Crippen LogP contribution in [0.1, 0.15) is 22.2 Å². The number of amides is 2. The molecule has 0 bridgehead atoms. The smallest absolute Gasteiger partial charge is 0.265 e. The van der Waals surface area contributed by atoms with Crippen LogP contribution in [0.4, 0.5) is 10.8 Å². The van der Waals surface area contributed by atoms with Gasteiger partial charge in [0.1, 0.15) is 17.2 Å². The van der Waals surface area contributed by atoms with E-state index in [9.17, 15) is 9.59 Å². The molecule has 3 aromatic rings. The molecule has 2 N–H and O–H groups in total. The lowest BCUT2D eigenvalue weighted by atomic mass is 10.1. The van der Waals surface area contributed by atoms with Crippen LogP contribution in [0.25, 0.3) is 11.3 Å². The van der Waals surface area contributed by atoms with Gasteiger partial charge in [0.25, 0.3) is 11.8 Å². The van der Waals surface area contributed by atoms with Crippen molar-refractivity contribution in [3.05, 3.63) is 46.8 Å². The predicted octanol–water partition coefficient (Wildman–Crippen LogP) is 4.11. The number of nitrogens with zero attached hydrogens (tertiary/aromatic N) is 1. The Morgan fingerprint density at radius 2 is 1.87 bits per heavy atom. The number of aryl methyl sites for hydroxylation is 1. The first kappa shape index (κ1) is 20.7. The van der Waals surface area contributed by atoms with Crippen LogP contribution >= 0.6 is 11.3 Å². The number of aromatic nitrogens is 1. The van der Waals surface area contributed by atoms with Crippen molar-refractivity contribution >= 4 is 34.0 Å². The van der Waals surface area contributed by atoms with Crippen molar-refractivity contribution < 1.29 is 23.8 Å². The van der Waals surface area contributed by atoms with E-state index in [-0.39, 0.29) is 11.8 Å². The van der Waals surface area contributed by atoms with Crippen molar-refractivity contribution in [3.63, 3.8) is 0 Å². The van der Waals surface area contributed by atoms with E-state index in [0.717, 1.165) is 16.1 Å². The summed E-state index contributed by atoms with van der Waals surface area (Å²) in [6.45, 7) is 3.62. The average molecular weight is 439 g/mol. The summed E-state index contributed by atoms with van der Waals surface area (Å²) in [6.07, 6.45) is -0.531. The van der Waals surface area contributed by atoms with E-state index in [1.54, 1.807) is 31.2 Å². The molecule has 0 fully saturated rings. The maximum Gasteiger partial charge on any atom is 0.265 e. The number of benzene rings is 2. The summed E-state index contributed by atoms with van der Waals surface area (Å²) < 4.78 is 16.1.